The minimum atomic E-state index is 0.534. The Labute approximate surface area is 341 Å². The Kier molecular flexibility index (Phi) is 7.53. The van der Waals surface area contributed by atoms with Gasteiger partial charge >= 0.3 is 0 Å². The van der Waals surface area contributed by atoms with Crippen LogP contribution >= 0.6 is 0 Å². The SMILES string of the molecule is c1ccc(-c2cc(-c3ccccc3)nc(Cc3cccc4c3nc3n(-c5ccc6c(c5)-c5ccccc5-c5ccccc5-c5ccccc5-6)c5ccccc5n43)n2)cc1. The Morgan fingerprint density at radius 3 is 1.41 bits per heavy atom. The van der Waals surface area contributed by atoms with Crippen molar-refractivity contribution in [1.29, 1.82) is 0 Å². The number of hydrogen-bond acceptors (Lipinski definition) is 3. The fourth-order valence-electron chi connectivity index (χ4n) is 9.13. The normalized spacial score (nSPS) is 11.8. The monoisotopic (exact) mass is 753 g/mol. The zero-order chi connectivity index (χ0) is 38.9. The van der Waals surface area contributed by atoms with Crippen LogP contribution in [0.2, 0.25) is 0 Å². The molecule has 1 aliphatic carbocycles. The van der Waals surface area contributed by atoms with Gasteiger partial charge in [-0.1, -0.05) is 164 Å². The lowest BCUT2D eigenvalue weighted by Gasteiger charge is -2.23. The molecule has 0 saturated heterocycles. The van der Waals surface area contributed by atoms with Gasteiger partial charge < -0.3 is 0 Å². The van der Waals surface area contributed by atoms with Gasteiger partial charge in [0, 0.05) is 23.2 Å². The van der Waals surface area contributed by atoms with Crippen LogP contribution in [0.3, 0.4) is 0 Å². The predicted molar refractivity (Wildman–Crippen MR) is 241 cm³/mol. The van der Waals surface area contributed by atoms with Gasteiger partial charge in [-0.15, -0.1) is 0 Å². The van der Waals surface area contributed by atoms with Crippen molar-refractivity contribution in [2.75, 3.05) is 0 Å². The molecule has 0 saturated carbocycles. The Morgan fingerprint density at radius 2 is 0.831 bits per heavy atom. The molecule has 0 N–H and O–H groups in total. The molecular weight excluding hydrogens is 719 g/mol. The number of para-hydroxylation sites is 3. The minimum absolute atomic E-state index is 0.534. The molecule has 59 heavy (non-hydrogen) atoms. The van der Waals surface area contributed by atoms with Crippen molar-refractivity contribution in [3.8, 4) is 72.7 Å². The van der Waals surface area contributed by atoms with Crippen LogP contribution in [0.4, 0.5) is 0 Å². The van der Waals surface area contributed by atoms with Crippen LogP contribution in [0.25, 0.3) is 101 Å². The van der Waals surface area contributed by atoms with Crippen LogP contribution in [-0.4, -0.2) is 23.9 Å². The van der Waals surface area contributed by atoms with Gasteiger partial charge in [0.25, 0.3) is 0 Å². The van der Waals surface area contributed by atoms with E-state index in [1.807, 2.05) is 12.1 Å². The molecule has 0 radical (unpaired) electrons. The maximum atomic E-state index is 5.51. The fourth-order valence-corrected chi connectivity index (χ4v) is 9.13. The predicted octanol–water partition coefficient (Wildman–Crippen LogP) is 13.1. The molecule has 276 valence electrons. The van der Waals surface area contributed by atoms with Crippen LogP contribution in [0.5, 0.6) is 0 Å². The highest BCUT2D eigenvalue weighted by molar-refractivity contribution is 6.04. The van der Waals surface area contributed by atoms with Gasteiger partial charge in [-0.3, -0.25) is 8.97 Å². The maximum Gasteiger partial charge on any atom is 0.220 e. The van der Waals surface area contributed by atoms with Crippen molar-refractivity contribution in [3.63, 3.8) is 0 Å². The molecule has 0 bridgehead atoms. The molecular formula is C54H35N5. The molecule has 0 fully saturated rings. The van der Waals surface area contributed by atoms with E-state index in [2.05, 4.69) is 197 Å². The Balaban J connectivity index is 1.05. The van der Waals surface area contributed by atoms with E-state index in [0.717, 1.165) is 67.4 Å². The van der Waals surface area contributed by atoms with Gasteiger partial charge in [0.15, 0.2) is 0 Å². The standard InChI is InChI=1S/C54H35N5/c1-3-16-35(17-4-1)47-34-48(36-18-5-2-6-19-36)56-52(55-47)32-37-20-15-29-51-53(37)57-54-58(49-27-13-14-28-50(49)59(51)54)38-30-31-45-43-25-10-9-23-41(43)39-21-7-8-22-40(39)42-24-11-12-26-44(42)46(45)33-38/h1-31,33-34H,32H2. The second kappa shape index (κ2) is 13.4. The van der Waals surface area contributed by atoms with E-state index in [-0.39, 0.29) is 0 Å². The van der Waals surface area contributed by atoms with Crippen LogP contribution in [0.15, 0.2) is 200 Å². The third-order valence-electron chi connectivity index (χ3n) is 11.8. The van der Waals surface area contributed by atoms with E-state index in [1.54, 1.807) is 0 Å². The molecule has 3 aromatic heterocycles. The first-order valence-corrected chi connectivity index (χ1v) is 20.1. The quantitative estimate of drug-likeness (QED) is 0.176. The van der Waals surface area contributed by atoms with Gasteiger partial charge in [0.05, 0.1) is 33.5 Å². The number of nitrogens with zero attached hydrogens (tertiary/aromatic N) is 5. The van der Waals surface area contributed by atoms with E-state index in [4.69, 9.17) is 15.0 Å². The molecule has 8 aromatic carbocycles. The topological polar surface area (TPSA) is 48.0 Å². The summed E-state index contributed by atoms with van der Waals surface area (Å²) in [6.45, 7) is 0. The molecule has 11 aromatic rings. The summed E-state index contributed by atoms with van der Waals surface area (Å²) in [5.74, 6) is 1.62. The summed E-state index contributed by atoms with van der Waals surface area (Å²) < 4.78 is 4.63. The Morgan fingerprint density at radius 1 is 0.356 bits per heavy atom. The Bertz CT molecular complexity index is 3350. The summed E-state index contributed by atoms with van der Waals surface area (Å²) in [4.78, 5) is 15.8. The molecule has 1 aliphatic rings. The highest BCUT2D eigenvalue weighted by Crippen LogP contribution is 2.48. The second-order valence-corrected chi connectivity index (χ2v) is 15.2. The van der Waals surface area contributed by atoms with E-state index in [0.29, 0.717) is 6.42 Å². The van der Waals surface area contributed by atoms with E-state index in [1.165, 1.54) is 44.5 Å². The van der Waals surface area contributed by atoms with Gasteiger partial charge in [-0.25, -0.2) is 15.0 Å². The van der Waals surface area contributed by atoms with Gasteiger partial charge in [0.2, 0.25) is 5.78 Å². The second-order valence-electron chi connectivity index (χ2n) is 15.2. The highest BCUT2D eigenvalue weighted by atomic mass is 15.2. The number of fused-ring (bicyclic) bond motifs is 13. The fraction of sp³-hybridized carbons (Fsp3) is 0.0185. The molecule has 5 heteroatoms. The van der Waals surface area contributed by atoms with Crippen LogP contribution in [-0.2, 0) is 6.42 Å². The van der Waals surface area contributed by atoms with Crippen molar-refractivity contribution < 1.29 is 0 Å². The van der Waals surface area contributed by atoms with E-state index in [9.17, 15) is 0 Å². The van der Waals surface area contributed by atoms with E-state index >= 15 is 0 Å². The average Bonchev–Trinajstić information content (AvgIpc) is 3.84. The first-order valence-electron chi connectivity index (χ1n) is 20.1. The van der Waals surface area contributed by atoms with E-state index < -0.39 is 0 Å². The highest BCUT2D eigenvalue weighted by Gasteiger charge is 2.24. The molecule has 0 atom stereocenters. The summed E-state index contributed by atoms with van der Waals surface area (Å²) in [5.41, 5.74) is 20.0. The molecule has 0 unspecified atom stereocenters. The number of benzene rings is 8. The summed E-state index contributed by atoms with van der Waals surface area (Å²) in [6, 6.07) is 71.2. The van der Waals surface area contributed by atoms with Crippen molar-refractivity contribution in [3.05, 3.63) is 212 Å². The van der Waals surface area contributed by atoms with Crippen molar-refractivity contribution in [2.45, 2.75) is 6.42 Å². The molecule has 5 nitrogen and oxygen atoms in total. The molecule has 12 rings (SSSR count). The summed E-state index contributed by atoms with van der Waals surface area (Å²) >= 11 is 0. The third kappa shape index (κ3) is 5.36. The molecule has 0 amide bonds. The smallest absolute Gasteiger partial charge is 0.220 e. The third-order valence-corrected chi connectivity index (χ3v) is 11.8. The first-order chi connectivity index (χ1) is 29.3. The number of imidazole rings is 2. The first kappa shape index (κ1) is 33.3. The molecule has 3 heterocycles. The average molecular weight is 754 g/mol. The lowest BCUT2D eigenvalue weighted by Crippen LogP contribution is -2.01. The molecule has 0 aliphatic heterocycles. The largest absolute Gasteiger partial charge is 0.278 e. The zero-order valence-electron chi connectivity index (χ0n) is 32.0. The zero-order valence-corrected chi connectivity index (χ0v) is 32.0. The van der Waals surface area contributed by atoms with Crippen LogP contribution in [0.1, 0.15) is 11.4 Å². The van der Waals surface area contributed by atoms with Gasteiger partial charge in [-0.05, 0) is 86.5 Å². The van der Waals surface area contributed by atoms with Crippen LogP contribution in [0, 0.1) is 0 Å². The lowest BCUT2D eigenvalue weighted by atomic mass is 9.81. The van der Waals surface area contributed by atoms with Gasteiger partial charge in [0.1, 0.15) is 5.82 Å². The van der Waals surface area contributed by atoms with Crippen molar-refractivity contribution >= 4 is 27.8 Å². The number of rotatable bonds is 5. The van der Waals surface area contributed by atoms with Crippen LogP contribution < -0.4 is 0 Å². The van der Waals surface area contributed by atoms with Crippen molar-refractivity contribution in [1.82, 2.24) is 23.9 Å². The summed E-state index contributed by atoms with van der Waals surface area (Å²) in [7, 11) is 0. The van der Waals surface area contributed by atoms with Gasteiger partial charge in [-0.2, -0.15) is 0 Å². The number of hydrogen-bond donors (Lipinski definition) is 0. The maximum absolute atomic E-state index is 5.51. The number of aromatic nitrogens is 5. The van der Waals surface area contributed by atoms with Crippen molar-refractivity contribution in [2.24, 2.45) is 0 Å². The lowest BCUT2D eigenvalue weighted by molar-refractivity contribution is 0.979. The molecule has 0 spiro atoms. The Hall–Kier alpha value is -7.89. The summed E-state index contributed by atoms with van der Waals surface area (Å²) in [5, 5.41) is 0. The minimum Gasteiger partial charge on any atom is -0.278 e. The summed E-state index contributed by atoms with van der Waals surface area (Å²) in [6.07, 6.45) is 0.534.